The van der Waals surface area contributed by atoms with E-state index in [1.54, 1.807) is 0 Å². The molecule has 0 saturated heterocycles. The molecule has 0 aromatic rings. The van der Waals surface area contributed by atoms with Crippen LogP contribution in [0.1, 0.15) is 40.0 Å². The van der Waals surface area contributed by atoms with E-state index in [1.165, 1.54) is 12.8 Å². The molecule has 0 aromatic heterocycles. The van der Waals surface area contributed by atoms with Crippen LogP contribution in [0.5, 0.6) is 0 Å². The van der Waals surface area contributed by atoms with E-state index in [4.69, 9.17) is 0 Å². The van der Waals surface area contributed by atoms with E-state index in [-0.39, 0.29) is 6.10 Å². The summed E-state index contributed by atoms with van der Waals surface area (Å²) in [5.41, 5.74) is 0. The Bertz CT molecular complexity index is 274. The number of aliphatic hydroxyl groups is 1. The van der Waals surface area contributed by atoms with Gasteiger partial charge in [0.2, 0.25) is 0 Å². The second-order valence-corrected chi connectivity index (χ2v) is 6.42. The molecule has 0 amide bonds. The molecule has 2 rings (SSSR count). The summed E-state index contributed by atoms with van der Waals surface area (Å²) in [6.07, 6.45) is 8.21. The molecule has 2 aliphatic carbocycles. The number of allylic oxidation sites excluding steroid dienone is 2. The predicted octanol–water partition coefficient (Wildman–Crippen LogP) is 2.58. The Balaban J connectivity index is 1.71. The van der Waals surface area contributed by atoms with E-state index in [0.29, 0.717) is 12.0 Å². The zero-order chi connectivity index (χ0) is 12.4. The lowest BCUT2D eigenvalue weighted by atomic mass is 9.87. The summed E-state index contributed by atoms with van der Waals surface area (Å²) in [6.45, 7) is 7.35. The van der Waals surface area contributed by atoms with Crippen molar-refractivity contribution in [2.45, 2.75) is 52.2 Å². The molecule has 2 bridgehead atoms. The topological polar surface area (TPSA) is 32.3 Å². The summed E-state index contributed by atoms with van der Waals surface area (Å²) in [5.74, 6) is 3.00. The molecule has 0 aliphatic heterocycles. The lowest BCUT2D eigenvalue weighted by molar-refractivity contribution is 0.137. The third kappa shape index (κ3) is 3.32. The molecule has 0 spiro atoms. The van der Waals surface area contributed by atoms with Gasteiger partial charge >= 0.3 is 0 Å². The first-order chi connectivity index (χ1) is 8.06. The summed E-state index contributed by atoms with van der Waals surface area (Å²) in [7, 11) is 0. The van der Waals surface area contributed by atoms with Gasteiger partial charge in [0.05, 0.1) is 6.10 Å². The quantitative estimate of drug-likeness (QED) is 0.696. The van der Waals surface area contributed by atoms with Gasteiger partial charge in [0.25, 0.3) is 0 Å². The van der Waals surface area contributed by atoms with Gasteiger partial charge in [-0.2, -0.15) is 0 Å². The molecule has 2 N–H and O–H groups in total. The number of hydrogen-bond acceptors (Lipinski definition) is 2. The second-order valence-electron chi connectivity index (χ2n) is 6.42. The molecule has 17 heavy (non-hydrogen) atoms. The minimum Gasteiger partial charge on any atom is -0.392 e. The minimum absolute atomic E-state index is 0.188. The molecule has 5 unspecified atom stereocenters. The maximum absolute atomic E-state index is 9.87. The Morgan fingerprint density at radius 2 is 2.00 bits per heavy atom. The average Bonchev–Trinajstić information content (AvgIpc) is 2.86. The van der Waals surface area contributed by atoms with Crippen molar-refractivity contribution in [3.63, 3.8) is 0 Å². The predicted molar refractivity (Wildman–Crippen MR) is 71.8 cm³/mol. The van der Waals surface area contributed by atoms with E-state index in [2.05, 4.69) is 38.2 Å². The minimum atomic E-state index is -0.188. The van der Waals surface area contributed by atoms with Gasteiger partial charge in [-0.15, -0.1) is 0 Å². The summed E-state index contributed by atoms with van der Waals surface area (Å²) in [6, 6.07) is 0.539. The smallest absolute Gasteiger partial charge is 0.0667 e. The van der Waals surface area contributed by atoms with Gasteiger partial charge in [0.15, 0.2) is 0 Å². The number of fused-ring (bicyclic) bond motifs is 2. The molecule has 1 fully saturated rings. The van der Waals surface area contributed by atoms with Crippen molar-refractivity contribution < 1.29 is 5.11 Å². The van der Waals surface area contributed by atoms with Crippen molar-refractivity contribution in [2.75, 3.05) is 6.54 Å². The fraction of sp³-hybridized carbons (Fsp3) is 0.867. The molecule has 0 radical (unpaired) electrons. The first kappa shape index (κ1) is 13.1. The van der Waals surface area contributed by atoms with E-state index < -0.39 is 0 Å². The van der Waals surface area contributed by atoms with Crippen LogP contribution in [0.15, 0.2) is 12.2 Å². The van der Waals surface area contributed by atoms with Crippen molar-refractivity contribution in [1.82, 2.24) is 5.32 Å². The highest BCUT2D eigenvalue weighted by molar-refractivity contribution is 5.11. The lowest BCUT2D eigenvalue weighted by Gasteiger charge is -2.27. The number of nitrogens with one attached hydrogen (secondary N) is 1. The van der Waals surface area contributed by atoms with Gasteiger partial charge in [-0.05, 0) is 49.9 Å². The van der Waals surface area contributed by atoms with Crippen LogP contribution in [0.4, 0.5) is 0 Å². The SMILES string of the molecule is CC(C)CC(O)CNC(C)C1CC2C=CC1C2. The van der Waals surface area contributed by atoms with Crippen molar-refractivity contribution >= 4 is 0 Å². The molecule has 2 heteroatoms. The van der Waals surface area contributed by atoms with Crippen LogP contribution in [0, 0.1) is 23.7 Å². The molecular formula is C15H27NO. The van der Waals surface area contributed by atoms with Crippen LogP contribution in [0.2, 0.25) is 0 Å². The molecule has 0 aromatic carbocycles. The number of aliphatic hydroxyl groups excluding tert-OH is 1. The maximum atomic E-state index is 9.87. The van der Waals surface area contributed by atoms with E-state index in [9.17, 15) is 5.11 Å². The first-order valence-corrected chi connectivity index (χ1v) is 7.16. The van der Waals surface area contributed by atoms with Gasteiger partial charge in [-0.1, -0.05) is 26.0 Å². The molecule has 2 aliphatic rings. The van der Waals surface area contributed by atoms with Crippen LogP contribution in [-0.2, 0) is 0 Å². The lowest BCUT2D eigenvalue weighted by Crippen LogP contribution is -2.40. The Morgan fingerprint density at radius 1 is 1.24 bits per heavy atom. The molecular weight excluding hydrogens is 210 g/mol. The highest BCUT2D eigenvalue weighted by atomic mass is 16.3. The van der Waals surface area contributed by atoms with Crippen LogP contribution < -0.4 is 5.32 Å². The van der Waals surface area contributed by atoms with Gasteiger partial charge in [0.1, 0.15) is 0 Å². The monoisotopic (exact) mass is 237 g/mol. The van der Waals surface area contributed by atoms with Gasteiger partial charge in [-0.25, -0.2) is 0 Å². The standard InChI is InChI=1S/C15H27NO/c1-10(2)6-14(17)9-16-11(3)15-8-12-4-5-13(15)7-12/h4-5,10-17H,6-9H2,1-3H3. The van der Waals surface area contributed by atoms with Crippen molar-refractivity contribution in [2.24, 2.45) is 23.7 Å². The van der Waals surface area contributed by atoms with Crippen LogP contribution in [0.3, 0.4) is 0 Å². The highest BCUT2D eigenvalue weighted by Crippen LogP contribution is 2.44. The zero-order valence-electron chi connectivity index (χ0n) is 11.4. The van der Waals surface area contributed by atoms with E-state index in [1.807, 2.05) is 0 Å². The summed E-state index contributed by atoms with van der Waals surface area (Å²) >= 11 is 0. The second kappa shape index (κ2) is 5.53. The van der Waals surface area contributed by atoms with Crippen LogP contribution in [-0.4, -0.2) is 23.8 Å². The summed E-state index contributed by atoms with van der Waals surface area (Å²) in [4.78, 5) is 0. The Hall–Kier alpha value is -0.340. The molecule has 0 heterocycles. The highest BCUT2D eigenvalue weighted by Gasteiger charge is 2.38. The van der Waals surface area contributed by atoms with Crippen LogP contribution in [0.25, 0.3) is 0 Å². The Morgan fingerprint density at radius 3 is 2.53 bits per heavy atom. The van der Waals surface area contributed by atoms with Gasteiger partial charge in [0, 0.05) is 12.6 Å². The third-order valence-corrected chi connectivity index (χ3v) is 4.39. The molecule has 98 valence electrons. The Kier molecular flexibility index (Phi) is 4.26. The van der Waals surface area contributed by atoms with Gasteiger partial charge in [-0.3, -0.25) is 0 Å². The fourth-order valence-corrected chi connectivity index (χ4v) is 3.50. The third-order valence-electron chi connectivity index (χ3n) is 4.39. The summed E-state index contributed by atoms with van der Waals surface area (Å²) in [5, 5.41) is 13.4. The number of rotatable bonds is 6. The normalized spacial score (nSPS) is 34.5. The summed E-state index contributed by atoms with van der Waals surface area (Å²) < 4.78 is 0. The van der Waals surface area contributed by atoms with Crippen molar-refractivity contribution in [3.05, 3.63) is 12.2 Å². The maximum Gasteiger partial charge on any atom is 0.0667 e. The first-order valence-electron chi connectivity index (χ1n) is 7.16. The van der Waals surface area contributed by atoms with Crippen molar-refractivity contribution in [3.8, 4) is 0 Å². The van der Waals surface area contributed by atoms with Crippen molar-refractivity contribution in [1.29, 1.82) is 0 Å². The largest absolute Gasteiger partial charge is 0.392 e. The molecule has 2 nitrogen and oxygen atoms in total. The molecule has 1 saturated carbocycles. The number of hydrogen-bond donors (Lipinski definition) is 2. The van der Waals surface area contributed by atoms with E-state index in [0.717, 1.165) is 30.7 Å². The average molecular weight is 237 g/mol. The Labute approximate surface area is 105 Å². The zero-order valence-corrected chi connectivity index (χ0v) is 11.4. The van der Waals surface area contributed by atoms with E-state index >= 15 is 0 Å². The van der Waals surface area contributed by atoms with Gasteiger partial charge < -0.3 is 10.4 Å². The molecule has 5 atom stereocenters. The fourth-order valence-electron chi connectivity index (χ4n) is 3.50. The van der Waals surface area contributed by atoms with Crippen LogP contribution >= 0.6 is 0 Å².